The molecule has 0 radical (unpaired) electrons. The Labute approximate surface area is 108 Å². The molecule has 0 atom stereocenters. The number of ether oxygens (including phenoxy) is 2. The second-order valence-electron chi connectivity index (χ2n) is 4.32. The van der Waals surface area contributed by atoms with Gasteiger partial charge in [-0.3, -0.25) is 4.79 Å². The molecule has 0 fully saturated rings. The summed E-state index contributed by atoms with van der Waals surface area (Å²) in [6.45, 7) is 5.28. The van der Waals surface area contributed by atoms with Crippen LogP contribution in [-0.4, -0.2) is 32.8 Å². The number of methoxy groups -OCH3 is 1. The molecule has 1 aromatic carbocycles. The number of para-hydroxylation sites is 1. The maximum absolute atomic E-state index is 11.1. The molecule has 4 nitrogen and oxygen atoms in total. The molecule has 0 saturated heterocycles. The third kappa shape index (κ3) is 4.75. The zero-order valence-corrected chi connectivity index (χ0v) is 11.2. The molecule has 1 rings (SSSR count). The quantitative estimate of drug-likeness (QED) is 0.753. The molecule has 0 unspecified atom stereocenters. The Hall–Kier alpha value is -1.55. The molecule has 1 N–H and O–H groups in total. The first-order valence-electron chi connectivity index (χ1n) is 6.12. The molecular formula is C14H21NO3. The molecule has 4 heteroatoms. The standard InChI is InChI=1S/C14H21NO3/c1-11(2)12-6-4-5-7-13(12)18-9-8-15-14(16)10-17-3/h4-7,11H,8-10H2,1-3H3,(H,15,16). The highest BCUT2D eigenvalue weighted by Crippen LogP contribution is 2.25. The van der Waals surface area contributed by atoms with Gasteiger partial charge in [0.25, 0.3) is 0 Å². The van der Waals surface area contributed by atoms with Crippen LogP contribution in [0.25, 0.3) is 0 Å². The van der Waals surface area contributed by atoms with E-state index >= 15 is 0 Å². The molecule has 0 heterocycles. The lowest BCUT2D eigenvalue weighted by atomic mass is 10.0. The highest BCUT2D eigenvalue weighted by atomic mass is 16.5. The van der Waals surface area contributed by atoms with E-state index in [1.807, 2.05) is 18.2 Å². The maximum atomic E-state index is 11.1. The van der Waals surface area contributed by atoms with Gasteiger partial charge in [0.1, 0.15) is 19.0 Å². The molecule has 0 spiro atoms. The van der Waals surface area contributed by atoms with Crippen LogP contribution in [0.4, 0.5) is 0 Å². The maximum Gasteiger partial charge on any atom is 0.246 e. The number of benzene rings is 1. The second-order valence-corrected chi connectivity index (χ2v) is 4.32. The van der Waals surface area contributed by atoms with E-state index in [-0.39, 0.29) is 12.5 Å². The van der Waals surface area contributed by atoms with Crippen molar-refractivity contribution in [3.8, 4) is 5.75 Å². The van der Waals surface area contributed by atoms with E-state index in [4.69, 9.17) is 9.47 Å². The number of amides is 1. The van der Waals surface area contributed by atoms with Crippen molar-refractivity contribution < 1.29 is 14.3 Å². The van der Waals surface area contributed by atoms with Gasteiger partial charge >= 0.3 is 0 Å². The average molecular weight is 251 g/mol. The van der Waals surface area contributed by atoms with E-state index in [0.29, 0.717) is 19.1 Å². The van der Waals surface area contributed by atoms with Crippen LogP contribution >= 0.6 is 0 Å². The summed E-state index contributed by atoms with van der Waals surface area (Å²) in [7, 11) is 1.50. The molecule has 0 aliphatic carbocycles. The zero-order chi connectivity index (χ0) is 13.4. The molecule has 0 aliphatic rings. The molecule has 1 aromatic rings. The Kier molecular flexibility index (Phi) is 6.22. The minimum Gasteiger partial charge on any atom is -0.491 e. The predicted molar refractivity (Wildman–Crippen MR) is 70.9 cm³/mol. The number of carbonyl (C=O) groups excluding carboxylic acids is 1. The zero-order valence-electron chi connectivity index (χ0n) is 11.2. The van der Waals surface area contributed by atoms with E-state index in [2.05, 4.69) is 25.2 Å². The summed E-state index contributed by atoms with van der Waals surface area (Å²) in [5.74, 6) is 1.18. The minimum atomic E-state index is -0.127. The highest BCUT2D eigenvalue weighted by molar-refractivity contribution is 5.77. The summed E-state index contributed by atoms with van der Waals surface area (Å²) >= 11 is 0. The number of carbonyl (C=O) groups is 1. The van der Waals surface area contributed by atoms with Crippen molar-refractivity contribution in [1.29, 1.82) is 0 Å². The van der Waals surface area contributed by atoms with Crippen molar-refractivity contribution in [3.05, 3.63) is 29.8 Å². The van der Waals surface area contributed by atoms with Gasteiger partial charge in [-0.2, -0.15) is 0 Å². The lowest BCUT2D eigenvalue weighted by molar-refractivity contribution is -0.124. The van der Waals surface area contributed by atoms with E-state index in [9.17, 15) is 4.79 Å². The fourth-order valence-corrected chi connectivity index (χ4v) is 1.62. The Balaban J connectivity index is 2.37. The van der Waals surface area contributed by atoms with E-state index in [0.717, 1.165) is 5.75 Å². The van der Waals surface area contributed by atoms with E-state index in [1.54, 1.807) is 0 Å². The van der Waals surface area contributed by atoms with Gasteiger partial charge in [0.05, 0.1) is 6.54 Å². The molecule has 0 aliphatic heterocycles. The smallest absolute Gasteiger partial charge is 0.246 e. The van der Waals surface area contributed by atoms with Gasteiger partial charge in [-0.15, -0.1) is 0 Å². The lowest BCUT2D eigenvalue weighted by Crippen LogP contribution is -2.31. The number of hydrogen-bond acceptors (Lipinski definition) is 3. The van der Waals surface area contributed by atoms with Crippen LogP contribution in [-0.2, 0) is 9.53 Å². The number of nitrogens with one attached hydrogen (secondary N) is 1. The Morgan fingerprint density at radius 2 is 2.06 bits per heavy atom. The van der Waals surface area contributed by atoms with Gasteiger partial charge in [0, 0.05) is 7.11 Å². The minimum absolute atomic E-state index is 0.0859. The Morgan fingerprint density at radius 1 is 1.33 bits per heavy atom. The summed E-state index contributed by atoms with van der Waals surface area (Å²) in [5, 5.41) is 2.71. The molecule has 18 heavy (non-hydrogen) atoms. The van der Waals surface area contributed by atoms with Gasteiger partial charge in [-0.25, -0.2) is 0 Å². The summed E-state index contributed by atoms with van der Waals surface area (Å²) in [6.07, 6.45) is 0. The van der Waals surface area contributed by atoms with Gasteiger partial charge in [-0.05, 0) is 17.5 Å². The van der Waals surface area contributed by atoms with Crippen LogP contribution < -0.4 is 10.1 Å². The Bertz CT molecular complexity index is 377. The summed E-state index contributed by atoms with van der Waals surface area (Å²) in [5.41, 5.74) is 1.18. The van der Waals surface area contributed by atoms with Crippen molar-refractivity contribution in [1.82, 2.24) is 5.32 Å². The van der Waals surface area contributed by atoms with Crippen molar-refractivity contribution in [3.63, 3.8) is 0 Å². The van der Waals surface area contributed by atoms with Crippen LogP contribution in [0.15, 0.2) is 24.3 Å². The predicted octanol–water partition coefficient (Wildman–Crippen LogP) is 1.95. The summed E-state index contributed by atoms with van der Waals surface area (Å²) in [6, 6.07) is 7.96. The third-order valence-electron chi connectivity index (χ3n) is 2.50. The first kappa shape index (κ1) is 14.5. The van der Waals surface area contributed by atoms with Crippen LogP contribution in [0.2, 0.25) is 0 Å². The molecule has 100 valence electrons. The van der Waals surface area contributed by atoms with Crippen molar-refractivity contribution >= 4 is 5.91 Å². The fourth-order valence-electron chi connectivity index (χ4n) is 1.62. The molecule has 0 aromatic heterocycles. The van der Waals surface area contributed by atoms with Crippen molar-refractivity contribution in [2.45, 2.75) is 19.8 Å². The number of hydrogen-bond donors (Lipinski definition) is 1. The van der Waals surface area contributed by atoms with Gasteiger partial charge in [0.2, 0.25) is 5.91 Å². The highest BCUT2D eigenvalue weighted by Gasteiger charge is 2.06. The van der Waals surface area contributed by atoms with Crippen molar-refractivity contribution in [2.75, 3.05) is 26.9 Å². The lowest BCUT2D eigenvalue weighted by Gasteiger charge is -2.14. The van der Waals surface area contributed by atoms with Gasteiger partial charge < -0.3 is 14.8 Å². The Morgan fingerprint density at radius 3 is 2.72 bits per heavy atom. The normalized spacial score (nSPS) is 10.4. The second kappa shape index (κ2) is 7.71. The van der Waals surface area contributed by atoms with Crippen LogP contribution in [0.1, 0.15) is 25.3 Å². The molecule has 1 amide bonds. The monoisotopic (exact) mass is 251 g/mol. The average Bonchev–Trinajstić information content (AvgIpc) is 2.35. The third-order valence-corrected chi connectivity index (χ3v) is 2.50. The first-order valence-corrected chi connectivity index (χ1v) is 6.12. The molecule has 0 saturated carbocycles. The van der Waals surface area contributed by atoms with Crippen LogP contribution in [0.5, 0.6) is 5.75 Å². The largest absolute Gasteiger partial charge is 0.491 e. The van der Waals surface area contributed by atoms with Crippen LogP contribution in [0, 0.1) is 0 Å². The topological polar surface area (TPSA) is 47.6 Å². The van der Waals surface area contributed by atoms with Crippen LogP contribution in [0.3, 0.4) is 0 Å². The van der Waals surface area contributed by atoms with Crippen molar-refractivity contribution in [2.24, 2.45) is 0 Å². The SMILES string of the molecule is COCC(=O)NCCOc1ccccc1C(C)C. The van der Waals surface area contributed by atoms with Gasteiger partial charge in [0.15, 0.2) is 0 Å². The summed E-state index contributed by atoms with van der Waals surface area (Å²) in [4.78, 5) is 11.1. The fraction of sp³-hybridized carbons (Fsp3) is 0.500. The molecule has 0 bridgehead atoms. The molecular weight excluding hydrogens is 230 g/mol. The van der Waals surface area contributed by atoms with E-state index < -0.39 is 0 Å². The first-order chi connectivity index (χ1) is 8.65. The van der Waals surface area contributed by atoms with Gasteiger partial charge in [-0.1, -0.05) is 32.0 Å². The van der Waals surface area contributed by atoms with E-state index in [1.165, 1.54) is 12.7 Å². The number of rotatable bonds is 7. The summed E-state index contributed by atoms with van der Waals surface area (Å²) < 4.78 is 10.4.